The van der Waals surface area contributed by atoms with Gasteiger partial charge in [0.25, 0.3) is 0 Å². The lowest BCUT2D eigenvalue weighted by Gasteiger charge is -2.26. The molecule has 136 valence electrons. The highest BCUT2D eigenvalue weighted by Gasteiger charge is 2.21. The molecule has 2 aromatic rings. The van der Waals surface area contributed by atoms with Gasteiger partial charge in [0.1, 0.15) is 0 Å². The van der Waals surface area contributed by atoms with E-state index in [-0.39, 0.29) is 17.9 Å². The summed E-state index contributed by atoms with van der Waals surface area (Å²) in [5.41, 5.74) is 6.54. The number of halogens is 2. The first kappa shape index (κ1) is 19.8. The monoisotopic (exact) mass is 383 g/mol. The molecule has 0 unspecified atom stereocenters. The highest BCUT2D eigenvalue weighted by atomic mass is 35.5. The molecule has 0 aliphatic heterocycles. The molecular formula is C18H23Cl2N3O2. The van der Waals surface area contributed by atoms with Gasteiger partial charge in [0.05, 0.1) is 11.2 Å². The first-order valence-electron chi connectivity index (χ1n) is 8.32. The van der Waals surface area contributed by atoms with Crippen LogP contribution in [-0.2, 0) is 11.2 Å². The Labute approximate surface area is 157 Å². The van der Waals surface area contributed by atoms with Gasteiger partial charge in [0, 0.05) is 35.5 Å². The van der Waals surface area contributed by atoms with Crippen LogP contribution in [0.3, 0.4) is 0 Å². The molecule has 3 N–H and O–H groups in total. The Morgan fingerprint density at radius 1 is 1.32 bits per heavy atom. The number of amides is 1. The number of hydrogen-bond donors (Lipinski definition) is 2. The number of aryl methyl sites for hydroxylation is 1. The summed E-state index contributed by atoms with van der Waals surface area (Å²) in [6.07, 6.45) is 3.93. The van der Waals surface area contributed by atoms with Gasteiger partial charge < -0.3 is 15.5 Å². The quantitative estimate of drug-likeness (QED) is 0.714. The van der Waals surface area contributed by atoms with Crippen molar-refractivity contribution >= 4 is 29.1 Å². The fourth-order valence-corrected chi connectivity index (χ4v) is 2.82. The SMILES string of the molecule is CCC(N)(CC)CNC(=O)CCc1ncc(-c2ccc(Cl)cc2Cl)o1. The van der Waals surface area contributed by atoms with Crippen molar-refractivity contribution < 1.29 is 9.21 Å². The van der Waals surface area contributed by atoms with Crippen LogP contribution in [0, 0.1) is 0 Å². The second-order valence-corrected chi connectivity index (χ2v) is 6.93. The summed E-state index contributed by atoms with van der Waals surface area (Å²) in [4.78, 5) is 16.2. The number of aromatic nitrogens is 1. The van der Waals surface area contributed by atoms with Gasteiger partial charge in [-0.15, -0.1) is 0 Å². The third kappa shape index (κ3) is 5.46. The van der Waals surface area contributed by atoms with E-state index in [1.807, 2.05) is 13.8 Å². The predicted octanol–water partition coefficient (Wildman–Crippen LogP) is 4.21. The number of nitrogens with one attached hydrogen (secondary N) is 1. The number of carbonyl (C=O) groups is 1. The van der Waals surface area contributed by atoms with Crippen LogP contribution in [0.5, 0.6) is 0 Å². The van der Waals surface area contributed by atoms with Crippen LogP contribution in [0.15, 0.2) is 28.8 Å². The molecule has 25 heavy (non-hydrogen) atoms. The Kier molecular flexibility index (Phi) is 6.87. The number of hydrogen-bond acceptors (Lipinski definition) is 4. The maximum atomic E-state index is 12.0. The molecule has 1 heterocycles. The van der Waals surface area contributed by atoms with E-state index in [0.29, 0.717) is 40.2 Å². The Morgan fingerprint density at radius 3 is 2.68 bits per heavy atom. The summed E-state index contributed by atoms with van der Waals surface area (Å²) in [6.45, 7) is 4.51. The van der Waals surface area contributed by atoms with E-state index in [9.17, 15) is 4.79 Å². The first-order valence-corrected chi connectivity index (χ1v) is 9.08. The third-order valence-corrected chi connectivity index (χ3v) is 4.91. The Balaban J connectivity index is 1.90. The van der Waals surface area contributed by atoms with Crippen molar-refractivity contribution in [1.82, 2.24) is 10.3 Å². The second-order valence-electron chi connectivity index (χ2n) is 6.09. The Morgan fingerprint density at radius 2 is 2.04 bits per heavy atom. The molecule has 1 amide bonds. The van der Waals surface area contributed by atoms with Crippen molar-refractivity contribution in [2.75, 3.05) is 6.54 Å². The van der Waals surface area contributed by atoms with Crippen molar-refractivity contribution in [3.8, 4) is 11.3 Å². The van der Waals surface area contributed by atoms with Gasteiger partial charge in [0.15, 0.2) is 11.7 Å². The maximum Gasteiger partial charge on any atom is 0.220 e. The van der Waals surface area contributed by atoms with Gasteiger partial charge in [-0.1, -0.05) is 37.0 Å². The number of nitrogens with two attached hydrogens (primary N) is 1. The molecule has 0 fully saturated rings. The summed E-state index contributed by atoms with van der Waals surface area (Å²) >= 11 is 12.1. The van der Waals surface area contributed by atoms with Gasteiger partial charge in [-0.2, -0.15) is 0 Å². The Bertz CT molecular complexity index is 727. The van der Waals surface area contributed by atoms with E-state index in [0.717, 1.165) is 12.8 Å². The summed E-state index contributed by atoms with van der Waals surface area (Å²) in [7, 11) is 0. The van der Waals surface area contributed by atoms with Gasteiger partial charge >= 0.3 is 0 Å². The number of rotatable bonds is 8. The molecule has 0 saturated carbocycles. The fraction of sp³-hybridized carbons (Fsp3) is 0.444. The third-order valence-electron chi connectivity index (χ3n) is 4.36. The zero-order valence-corrected chi connectivity index (χ0v) is 16.0. The molecule has 2 rings (SSSR count). The van der Waals surface area contributed by atoms with Crippen molar-refractivity contribution in [2.24, 2.45) is 5.73 Å². The number of carbonyl (C=O) groups excluding carboxylic acids is 1. The Hall–Kier alpha value is -1.56. The lowest BCUT2D eigenvalue weighted by Crippen LogP contribution is -2.49. The predicted molar refractivity (Wildman–Crippen MR) is 101 cm³/mol. The average Bonchev–Trinajstić information content (AvgIpc) is 3.06. The fourth-order valence-electron chi connectivity index (χ4n) is 2.32. The molecule has 0 spiro atoms. The van der Waals surface area contributed by atoms with Gasteiger partial charge in [-0.25, -0.2) is 4.98 Å². The number of oxazole rings is 1. The second kappa shape index (κ2) is 8.70. The summed E-state index contributed by atoms with van der Waals surface area (Å²) < 4.78 is 5.69. The highest BCUT2D eigenvalue weighted by Crippen LogP contribution is 2.30. The van der Waals surface area contributed by atoms with E-state index in [2.05, 4.69) is 10.3 Å². The van der Waals surface area contributed by atoms with Crippen molar-refractivity contribution in [3.63, 3.8) is 0 Å². The van der Waals surface area contributed by atoms with Crippen LogP contribution in [-0.4, -0.2) is 23.0 Å². The molecule has 0 bridgehead atoms. The molecule has 0 atom stereocenters. The minimum absolute atomic E-state index is 0.0685. The number of benzene rings is 1. The van der Waals surface area contributed by atoms with Gasteiger partial charge in [-0.05, 0) is 31.0 Å². The molecule has 0 radical (unpaired) electrons. The summed E-state index contributed by atoms with van der Waals surface area (Å²) in [6, 6.07) is 5.16. The van der Waals surface area contributed by atoms with Crippen LogP contribution in [0.1, 0.15) is 39.0 Å². The maximum absolute atomic E-state index is 12.0. The van der Waals surface area contributed by atoms with Gasteiger partial charge in [-0.3, -0.25) is 4.79 Å². The molecule has 0 saturated heterocycles. The van der Waals surface area contributed by atoms with Crippen molar-refractivity contribution in [2.45, 2.75) is 45.1 Å². The first-order chi connectivity index (χ1) is 11.9. The summed E-state index contributed by atoms with van der Waals surface area (Å²) in [5, 5.41) is 3.93. The van der Waals surface area contributed by atoms with E-state index in [1.54, 1.807) is 24.4 Å². The molecule has 0 aliphatic carbocycles. The van der Waals surface area contributed by atoms with Crippen molar-refractivity contribution in [1.29, 1.82) is 0 Å². The van der Waals surface area contributed by atoms with Crippen LogP contribution in [0.2, 0.25) is 10.0 Å². The van der Waals surface area contributed by atoms with E-state index < -0.39 is 0 Å². The van der Waals surface area contributed by atoms with Crippen LogP contribution >= 0.6 is 23.2 Å². The molecule has 1 aromatic heterocycles. The molecule has 5 nitrogen and oxygen atoms in total. The smallest absolute Gasteiger partial charge is 0.220 e. The van der Waals surface area contributed by atoms with Crippen LogP contribution in [0.4, 0.5) is 0 Å². The normalized spacial score (nSPS) is 11.6. The largest absolute Gasteiger partial charge is 0.441 e. The molecule has 0 aliphatic rings. The van der Waals surface area contributed by atoms with E-state index in [4.69, 9.17) is 33.4 Å². The van der Waals surface area contributed by atoms with Gasteiger partial charge in [0.2, 0.25) is 5.91 Å². The van der Waals surface area contributed by atoms with Crippen LogP contribution < -0.4 is 11.1 Å². The lowest BCUT2D eigenvalue weighted by molar-refractivity contribution is -0.121. The molecule has 1 aromatic carbocycles. The highest BCUT2D eigenvalue weighted by molar-refractivity contribution is 6.36. The average molecular weight is 384 g/mol. The van der Waals surface area contributed by atoms with E-state index in [1.165, 1.54) is 0 Å². The van der Waals surface area contributed by atoms with Crippen molar-refractivity contribution in [3.05, 3.63) is 40.3 Å². The summed E-state index contributed by atoms with van der Waals surface area (Å²) in [5.74, 6) is 0.970. The minimum atomic E-state index is -0.350. The minimum Gasteiger partial charge on any atom is -0.441 e. The number of nitrogens with zero attached hydrogens (tertiary/aromatic N) is 1. The topological polar surface area (TPSA) is 81.1 Å². The molecule has 7 heteroatoms. The molecular weight excluding hydrogens is 361 g/mol. The van der Waals surface area contributed by atoms with Crippen LogP contribution in [0.25, 0.3) is 11.3 Å². The zero-order chi connectivity index (χ0) is 18.4. The van der Waals surface area contributed by atoms with E-state index >= 15 is 0 Å². The zero-order valence-electron chi connectivity index (χ0n) is 14.4. The lowest BCUT2D eigenvalue weighted by atomic mass is 9.94. The standard InChI is InChI=1S/C18H23Cl2N3O2/c1-3-18(21,4-2)11-23-16(24)7-8-17-22-10-15(25-17)13-6-5-12(19)9-14(13)20/h5-6,9-10H,3-4,7-8,11,21H2,1-2H3,(H,23,24).